The smallest absolute Gasteiger partial charge is 0.744 e. The molecule has 0 aliphatic heterocycles. The van der Waals surface area contributed by atoms with E-state index >= 15 is 0 Å². The summed E-state index contributed by atoms with van der Waals surface area (Å²) in [5.74, 6) is -1.20. The number of nitrogen functional groups attached to an aromatic ring is 2. The second kappa shape index (κ2) is 29.6. The average molecular weight is 1050 g/mol. The van der Waals surface area contributed by atoms with E-state index in [1.807, 2.05) is 0 Å². The summed E-state index contributed by atoms with van der Waals surface area (Å²) < 4.78 is 124. The fraction of sp³-hybridized carbons (Fsp3) is 0.100. The van der Waals surface area contributed by atoms with Gasteiger partial charge in [0.05, 0.1) is 55.4 Å². The molecule has 5 aromatic rings. The predicted molar refractivity (Wildman–Crippen MR) is 208 cm³/mol. The number of halogens is 1. The standard InChI is InChI=1S/C29H26FN11O15S5.CH4.4Na/c30-27-35-28(33-15-5-8-17(9-6-15)59(44,45)12-11-52-58-56-54-43)37-29(36-27)34-16-7-10-21(57-55-53-42)19(13-16)39-41-26-24(31)20(14-23(25(26)32)61(49,50)51)40-38-18-3-1-2-4-22(18)60(46,47)48;;;;;/h1-10,13-14,42-43H,11-12,31-32H2,(H,46,47,48)(H,49,50,51)(H2,33,34,35,36,37);1H4;;;;/q;;4*+1/p-4. The largest absolute Gasteiger partial charge is 1.00 e. The zero-order valence-electron chi connectivity index (χ0n) is 33.7. The van der Waals surface area contributed by atoms with Crippen molar-refractivity contribution in [3.05, 3.63) is 78.9 Å². The summed E-state index contributed by atoms with van der Waals surface area (Å²) in [6.07, 6.45) is -1.26. The number of rotatable bonds is 20. The van der Waals surface area contributed by atoms with Crippen LogP contribution in [0, 0.1) is 6.08 Å². The van der Waals surface area contributed by atoms with Gasteiger partial charge >= 0.3 is 124 Å². The monoisotopic (exact) mass is 1050 g/mol. The Bertz CT molecular complexity index is 2810. The van der Waals surface area contributed by atoms with Gasteiger partial charge in [0.2, 0.25) is 11.9 Å². The molecule has 0 radical (unpaired) electrons. The van der Waals surface area contributed by atoms with Crippen molar-refractivity contribution in [1.82, 2.24) is 15.0 Å². The molecule has 0 saturated heterocycles. The molecule has 6 N–H and O–H groups in total. The molecule has 0 atom stereocenters. The van der Waals surface area contributed by atoms with Gasteiger partial charge in [-0.05, 0) is 60.7 Å². The number of benzene rings is 4. The number of anilines is 6. The van der Waals surface area contributed by atoms with Gasteiger partial charge in [0.25, 0.3) is 0 Å². The van der Waals surface area contributed by atoms with Crippen molar-refractivity contribution in [2.45, 2.75) is 27.0 Å². The van der Waals surface area contributed by atoms with Gasteiger partial charge in [-0.25, -0.2) is 25.3 Å². The van der Waals surface area contributed by atoms with Gasteiger partial charge in [0.15, 0.2) is 22.2 Å². The molecular weight excluding hydrogens is 1030 g/mol. The Morgan fingerprint density at radius 2 is 1.23 bits per heavy atom. The van der Waals surface area contributed by atoms with Crippen LogP contribution in [0.25, 0.3) is 0 Å². The number of nitrogens with one attached hydrogen (secondary N) is 2. The molecule has 0 aliphatic rings. The van der Waals surface area contributed by atoms with Crippen molar-refractivity contribution in [3.63, 3.8) is 0 Å². The van der Waals surface area contributed by atoms with Gasteiger partial charge in [-0.3, -0.25) is 14.3 Å². The zero-order valence-corrected chi connectivity index (χ0v) is 45.8. The van der Waals surface area contributed by atoms with Crippen LogP contribution in [0.15, 0.2) is 113 Å². The van der Waals surface area contributed by atoms with Crippen LogP contribution in [0.2, 0.25) is 0 Å². The van der Waals surface area contributed by atoms with Gasteiger partial charge in [-0.15, -0.1) is 24.8 Å². The molecule has 36 heteroatoms. The van der Waals surface area contributed by atoms with Crippen molar-refractivity contribution in [2.75, 3.05) is 34.5 Å². The maximum Gasteiger partial charge on any atom is 1.00 e. The molecule has 4 aromatic carbocycles. The Morgan fingerprint density at radius 3 is 1.83 bits per heavy atom. The van der Waals surface area contributed by atoms with E-state index in [-0.39, 0.29) is 183 Å². The van der Waals surface area contributed by atoms with Crippen LogP contribution < -0.4 is 151 Å². The molecule has 0 bridgehead atoms. The summed E-state index contributed by atoms with van der Waals surface area (Å²) in [6.45, 7) is -0.342. The maximum atomic E-state index is 14.6. The number of hydrogen-bond acceptors (Lipinski definition) is 28. The first-order valence-electron chi connectivity index (χ1n) is 15.8. The van der Waals surface area contributed by atoms with E-state index in [2.05, 4.69) is 64.8 Å². The van der Waals surface area contributed by atoms with E-state index in [1.165, 1.54) is 54.6 Å². The van der Waals surface area contributed by atoms with E-state index in [9.17, 15) is 49.3 Å². The van der Waals surface area contributed by atoms with Crippen molar-refractivity contribution >= 4 is 112 Å². The summed E-state index contributed by atoms with van der Waals surface area (Å²) in [5.41, 5.74) is 9.24. The Labute approximate surface area is 472 Å². The van der Waals surface area contributed by atoms with Crippen molar-refractivity contribution in [1.29, 1.82) is 0 Å². The first-order valence-corrected chi connectivity index (χ1v) is 21.6. The fourth-order valence-electron chi connectivity index (χ4n) is 4.61. The summed E-state index contributed by atoms with van der Waals surface area (Å²) >= 11 is 0.484. The number of nitrogens with two attached hydrogens (primary N) is 2. The molecule has 0 spiro atoms. The maximum absolute atomic E-state index is 14.6. The third-order valence-corrected chi connectivity index (χ3v) is 11.7. The second-order valence-corrected chi connectivity index (χ2v) is 17.2. The Kier molecular flexibility index (Phi) is 28.8. The Morgan fingerprint density at radius 1 is 0.667 bits per heavy atom. The van der Waals surface area contributed by atoms with Crippen molar-refractivity contribution in [3.8, 4) is 0 Å². The van der Waals surface area contributed by atoms with Crippen LogP contribution in [0.4, 0.5) is 61.8 Å². The molecular formula is C30H26FN11Na4O15S5. The molecule has 332 valence electrons. The third kappa shape index (κ3) is 18.6. The molecule has 0 saturated carbocycles. The normalized spacial score (nSPS) is 11.4. The van der Waals surface area contributed by atoms with E-state index in [0.29, 0.717) is 18.1 Å². The second-order valence-electron chi connectivity index (χ2n) is 11.1. The van der Waals surface area contributed by atoms with Gasteiger partial charge in [0.1, 0.15) is 43.0 Å². The number of nitrogens with zero attached hydrogens (tertiary/aromatic N) is 7. The molecule has 0 amide bonds. The van der Waals surface area contributed by atoms with Gasteiger partial charge in [-0.2, -0.15) is 23.7 Å². The van der Waals surface area contributed by atoms with E-state index < -0.39 is 80.1 Å². The van der Waals surface area contributed by atoms with Gasteiger partial charge < -0.3 is 41.7 Å². The van der Waals surface area contributed by atoms with Gasteiger partial charge in [-0.1, -0.05) is 19.6 Å². The van der Waals surface area contributed by atoms with Crippen LogP contribution in [0.1, 0.15) is 7.43 Å². The number of azo groups is 2. The van der Waals surface area contributed by atoms with E-state index in [0.717, 1.165) is 12.1 Å². The number of hydrogen-bond donors (Lipinski definition) is 4. The first kappa shape index (κ1) is 64.4. The average Bonchev–Trinajstić information content (AvgIpc) is 3.19. The van der Waals surface area contributed by atoms with E-state index in [1.54, 1.807) is 0 Å². The van der Waals surface area contributed by atoms with Gasteiger partial charge in [0, 0.05) is 11.4 Å². The molecule has 1 aromatic heterocycles. The number of sulfone groups is 1. The molecule has 0 unspecified atom stereocenters. The molecule has 1 heterocycles. The Hall–Kier alpha value is -1.59. The summed E-state index contributed by atoms with van der Waals surface area (Å²) in [7, 11) is -14.2. The Balaban J connectivity index is 0.00000845. The minimum Gasteiger partial charge on any atom is -0.744 e. The summed E-state index contributed by atoms with van der Waals surface area (Å²) in [5, 5.41) is 47.5. The fourth-order valence-corrected chi connectivity index (χ4v) is 7.66. The summed E-state index contributed by atoms with van der Waals surface area (Å²) in [4.78, 5) is 9.28. The van der Waals surface area contributed by atoms with Crippen LogP contribution >= 0.6 is 24.4 Å². The zero-order chi connectivity index (χ0) is 44.4. The molecule has 26 nitrogen and oxygen atoms in total. The number of aromatic nitrogens is 3. The molecule has 0 fully saturated rings. The van der Waals surface area contributed by atoms with Crippen LogP contribution in [0.5, 0.6) is 0 Å². The minimum absolute atomic E-state index is 0. The SMILES string of the molecule is C.Nc1c(N=Nc2ccccc2S(=O)(=O)[O-])cc(S(=O)(=O)[O-])c(N)c1N=Nc1cc(Nc2nc(F)nc(Nc3ccc(S(=O)(=O)CCOSOO[O-])cc3)n2)ccc1SOO[O-].[Na+].[Na+].[Na+].[Na+]. The third-order valence-electron chi connectivity index (χ3n) is 7.23. The quantitative estimate of drug-likeness (QED) is 0.00822. The minimum atomic E-state index is -5.36. The molecule has 5 rings (SSSR count). The molecule has 0 aliphatic carbocycles. The predicted octanol–water partition coefficient (Wildman–Crippen LogP) is -8.24. The molecule has 66 heavy (non-hydrogen) atoms. The van der Waals surface area contributed by atoms with Crippen LogP contribution in [0.3, 0.4) is 0 Å². The topological polar surface area (TPSA) is 405 Å². The van der Waals surface area contributed by atoms with Crippen molar-refractivity contribution in [2.24, 2.45) is 20.5 Å². The van der Waals surface area contributed by atoms with Crippen LogP contribution in [-0.4, -0.2) is 61.7 Å². The first-order chi connectivity index (χ1) is 28.9. The summed E-state index contributed by atoms with van der Waals surface area (Å²) in [6, 6.07) is 14.2. The van der Waals surface area contributed by atoms with E-state index in [4.69, 9.17) is 15.7 Å². The van der Waals surface area contributed by atoms with Crippen LogP contribution in [-0.2, 0) is 53.0 Å². The van der Waals surface area contributed by atoms with Crippen molar-refractivity contribution < 1.29 is 190 Å².